The molecule has 1 aliphatic rings. The van der Waals surface area contributed by atoms with Gasteiger partial charge < -0.3 is 5.32 Å². The molecule has 38 heavy (non-hydrogen) atoms. The third kappa shape index (κ3) is 5.06. The van der Waals surface area contributed by atoms with Crippen molar-refractivity contribution in [3.63, 3.8) is 0 Å². The summed E-state index contributed by atoms with van der Waals surface area (Å²) in [6.45, 7) is 2.27. The third-order valence-electron chi connectivity index (χ3n) is 6.28. The summed E-state index contributed by atoms with van der Waals surface area (Å²) in [5.74, 6) is -0.456. The first kappa shape index (κ1) is 26.0. The number of fused-ring (bicyclic) bond motifs is 1. The highest BCUT2D eigenvalue weighted by Crippen LogP contribution is 2.49. The number of rotatable bonds is 7. The zero-order chi connectivity index (χ0) is 26.6. The predicted molar refractivity (Wildman–Crippen MR) is 150 cm³/mol. The van der Waals surface area contributed by atoms with Crippen LogP contribution in [-0.4, -0.2) is 40.4 Å². The van der Waals surface area contributed by atoms with Crippen LogP contribution in [0, 0.1) is 5.82 Å². The maximum Gasteiger partial charge on any atom is 0.240 e. The molecule has 5 rings (SSSR count). The van der Waals surface area contributed by atoms with Crippen molar-refractivity contribution in [2.24, 2.45) is 0 Å². The summed E-state index contributed by atoms with van der Waals surface area (Å²) in [4.78, 5) is 28.0. The van der Waals surface area contributed by atoms with Crippen LogP contribution in [0.1, 0.15) is 29.7 Å². The molecule has 2 heterocycles. The highest BCUT2D eigenvalue weighted by molar-refractivity contribution is 8.00. The number of aromatic nitrogens is 2. The van der Waals surface area contributed by atoms with Gasteiger partial charge in [-0.05, 0) is 24.6 Å². The molecular formula is C29H26ClFN4O2S. The number of carbonyl (C=O) groups excluding carboxylic acids is 2. The molecule has 3 aromatic carbocycles. The molecule has 194 valence electrons. The van der Waals surface area contributed by atoms with E-state index in [1.807, 2.05) is 49.4 Å². The number of para-hydroxylation sites is 1. The summed E-state index contributed by atoms with van der Waals surface area (Å²) in [7, 11) is 0. The molecule has 1 N–H and O–H groups in total. The van der Waals surface area contributed by atoms with Gasteiger partial charge in [0.05, 0.1) is 27.4 Å². The van der Waals surface area contributed by atoms with Crippen molar-refractivity contribution in [3.8, 4) is 16.9 Å². The van der Waals surface area contributed by atoms with E-state index in [0.29, 0.717) is 39.9 Å². The lowest BCUT2D eigenvalue weighted by atomic mass is 9.99. The zero-order valence-electron chi connectivity index (χ0n) is 20.7. The first-order valence-corrected chi connectivity index (χ1v) is 13.8. The molecule has 0 aliphatic carbocycles. The Morgan fingerprint density at radius 3 is 2.53 bits per heavy atom. The molecule has 1 atom stereocenters. The molecule has 0 fully saturated rings. The highest BCUT2D eigenvalue weighted by atomic mass is 35.5. The number of halogens is 2. The smallest absolute Gasteiger partial charge is 0.240 e. The zero-order valence-corrected chi connectivity index (χ0v) is 22.3. The number of nitrogens with zero attached hydrogens (tertiary/aromatic N) is 3. The number of thioether (sulfide) groups is 1. The Labute approximate surface area is 229 Å². The molecule has 0 bridgehead atoms. The van der Waals surface area contributed by atoms with Crippen LogP contribution >= 0.6 is 23.4 Å². The van der Waals surface area contributed by atoms with Gasteiger partial charge >= 0.3 is 0 Å². The number of hydrogen-bond donors (Lipinski definition) is 1. The van der Waals surface area contributed by atoms with Crippen molar-refractivity contribution in [2.45, 2.75) is 18.6 Å². The van der Waals surface area contributed by atoms with E-state index in [1.54, 1.807) is 35.0 Å². The summed E-state index contributed by atoms with van der Waals surface area (Å²) < 4.78 is 16.9. The lowest BCUT2D eigenvalue weighted by Crippen LogP contribution is -2.42. The van der Waals surface area contributed by atoms with Crippen LogP contribution in [0.15, 0.2) is 78.9 Å². The van der Waals surface area contributed by atoms with Gasteiger partial charge in [0, 0.05) is 23.2 Å². The summed E-state index contributed by atoms with van der Waals surface area (Å²) in [5.41, 5.74) is 3.05. The first-order valence-electron chi connectivity index (χ1n) is 12.4. The van der Waals surface area contributed by atoms with Gasteiger partial charge in [0.25, 0.3) is 0 Å². The predicted octanol–water partition coefficient (Wildman–Crippen LogP) is 6.03. The van der Waals surface area contributed by atoms with Gasteiger partial charge in [-0.1, -0.05) is 79.2 Å². The number of hydrogen-bond acceptors (Lipinski definition) is 4. The van der Waals surface area contributed by atoms with E-state index >= 15 is 4.39 Å². The van der Waals surface area contributed by atoms with Gasteiger partial charge in [-0.15, -0.1) is 11.8 Å². The van der Waals surface area contributed by atoms with Crippen molar-refractivity contribution in [1.82, 2.24) is 15.1 Å². The first-order chi connectivity index (χ1) is 18.5. The molecule has 1 aliphatic heterocycles. The van der Waals surface area contributed by atoms with Crippen LogP contribution in [0.5, 0.6) is 0 Å². The Bertz CT molecular complexity index is 1480. The second-order valence-electron chi connectivity index (χ2n) is 8.86. The lowest BCUT2D eigenvalue weighted by Gasteiger charge is -2.23. The van der Waals surface area contributed by atoms with E-state index in [4.69, 9.17) is 16.7 Å². The monoisotopic (exact) mass is 548 g/mol. The van der Waals surface area contributed by atoms with Crippen LogP contribution in [-0.2, 0) is 9.59 Å². The molecule has 1 aromatic heterocycles. The molecule has 9 heteroatoms. The van der Waals surface area contributed by atoms with E-state index in [-0.39, 0.29) is 29.9 Å². The van der Waals surface area contributed by atoms with E-state index in [0.717, 1.165) is 12.0 Å². The number of benzene rings is 3. The minimum atomic E-state index is -0.551. The topological polar surface area (TPSA) is 67.2 Å². The third-order valence-corrected chi connectivity index (χ3v) is 7.83. The van der Waals surface area contributed by atoms with Crippen molar-refractivity contribution in [3.05, 3.63) is 101 Å². The molecular weight excluding hydrogens is 523 g/mol. The highest BCUT2D eigenvalue weighted by Gasteiger charge is 2.38. The minimum absolute atomic E-state index is 0.0610. The van der Waals surface area contributed by atoms with Crippen LogP contribution in [0.25, 0.3) is 16.9 Å². The van der Waals surface area contributed by atoms with Crippen LogP contribution in [0.2, 0.25) is 5.02 Å². The van der Waals surface area contributed by atoms with Gasteiger partial charge in [0.2, 0.25) is 11.8 Å². The summed E-state index contributed by atoms with van der Waals surface area (Å²) in [6.07, 6.45) is 0.770. The molecule has 0 radical (unpaired) electrons. The molecule has 0 saturated carbocycles. The largest absolute Gasteiger partial charge is 0.355 e. The van der Waals surface area contributed by atoms with Crippen LogP contribution < -0.4 is 10.2 Å². The number of nitrogens with one attached hydrogen (secondary N) is 1. The quantitative estimate of drug-likeness (QED) is 0.306. The summed E-state index contributed by atoms with van der Waals surface area (Å²) >= 11 is 7.95. The van der Waals surface area contributed by atoms with Crippen molar-refractivity contribution in [1.29, 1.82) is 0 Å². The molecule has 4 aromatic rings. The van der Waals surface area contributed by atoms with Gasteiger partial charge in [0.15, 0.2) is 0 Å². The Morgan fingerprint density at radius 2 is 1.79 bits per heavy atom. The second-order valence-corrected chi connectivity index (χ2v) is 10.4. The Morgan fingerprint density at radius 1 is 1.08 bits per heavy atom. The minimum Gasteiger partial charge on any atom is -0.355 e. The van der Waals surface area contributed by atoms with Gasteiger partial charge in [-0.3, -0.25) is 14.5 Å². The average molecular weight is 549 g/mol. The number of carbonyl (C=O) groups is 2. The fraction of sp³-hybridized carbons (Fsp3) is 0.207. The maximum absolute atomic E-state index is 15.2. The van der Waals surface area contributed by atoms with Gasteiger partial charge in [-0.25, -0.2) is 9.07 Å². The van der Waals surface area contributed by atoms with E-state index in [9.17, 15) is 9.59 Å². The van der Waals surface area contributed by atoms with Crippen LogP contribution in [0.3, 0.4) is 0 Å². The Balaban J connectivity index is 1.81. The standard InChI is InChI=1S/C29H26ClFN4O2S/c1-2-16-32-24(36)17-34-25(37)18-38-28(20-12-6-8-14-22(20)31)26-27(19-10-4-3-5-11-19)33-35(29(26)34)23-15-9-7-13-21(23)30/h3-15,28H,2,16-18H2,1H3,(H,32,36)/t28-/m1/s1. The van der Waals surface area contributed by atoms with Crippen LogP contribution in [0.4, 0.5) is 10.2 Å². The Kier molecular flexibility index (Phi) is 7.81. The van der Waals surface area contributed by atoms with E-state index < -0.39 is 5.25 Å². The van der Waals surface area contributed by atoms with E-state index in [1.165, 1.54) is 22.7 Å². The number of amides is 2. The van der Waals surface area contributed by atoms with Crippen molar-refractivity contribution < 1.29 is 14.0 Å². The molecule has 0 saturated heterocycles. The normalized spacial score (nSPS) is 15.2. The Hall–Kier alpha value is -3.62. The SMILES string of the molecule is CCCNC(=O)CN1C(=O)CS[C@H](c2ccccc2F)c2c(-c3ccccc3)nn(-c3ccccc3Cl)c21. The molecule has 0 unspecified atom stereocenters. The maximum atomic E-state index is 15.2. The molecule has 6 nitrogen and oxygen atoms in total. The second kappa shape index (κ2) is 11.4. The summed E-state index contributed by atoms with van der Waals surface area (Å²) in [6, 6.07) is 23.3. The van der Waals surface area contributed by atoms with Gasteiger partial charge in [0.1, 0.15) is 18.2 Å². The van der Waals surface area contributed by atoms with Crippen molar-refractivity contribution >= 4 is 41.0 Å². The number of anilines is 1. The van der Waals surface area contributed by atoms with Crippen molar-refractivity contribution in [2.75, 3.05) is 23.7 Å². The van der Waals surface area contributed by atoms with E-state index in [2.05, 4.69) is 5.32 Å². The molecule has 0 spiro atoms. The lowest BCUT2D eigenvalue weighted by molar-refractivity contribution is -0.122. The molecule has 2 amide bonds. The summed E-state index contributed by atoms with van der Waals surface area (Å²) in [5, 5.41) is 7.70. The fourth-order valence-corrected chi connectivity index (χ4v) is 5.95. The van der Waals surface area contributed by atoms with Gasteiger partial charge in [-0.2, -0.15) is 5.10 Å². The fourth-order valence-electron chi connectivity index (χ4n) is 4.52. The average Bonchev–Trinajstić information content (AvgIpc) is 3.25.